The van der Waals surface area contributed by atoms with Gasteiger partial charge in [-0.1, -0.05) is 11.3 Å². The SMILES string of the molecule is CNc1nnc(/N=C(C)/C=C\N)s1.COc1c(NCC2(OC)CC2)cc(C=O)oc1=O. The first-order chi connectivity index (χ1) is 14.9. The first-order valence-electron chi connectivity index (χ1n) is 9.31. The fraction of sp³-hybridized carbons (Fsp3) is 0.421. The van der Waals surface area contributed by atoms with Crippen molar-refractivity contribution in [3.05, 3.63) is 34.5 Å². The van der Waals surface area contributed by atoms with Crippen LogP contribution in [0.25, 0.3) is 0 Å². The summed E-state index contributed by atoms with van der Waals surface area (Å²) in [6.07, 6.45) is 5.58. The Morgan fingerprint density at radius 2 is 2.16 bits per heavy atom. The number of allylic oxidation sites excluding steroid dienone is 1. The Kier molecular flexibility index (Phi) is 8.70. The largest absolute Gasteiger partial charge is 0.488 e. The van der Waals surface area contributed by atoms with Crippen LogP contribution >= 0.6 is 11.3 Å². The zero-order valence-corrected chi connectivity index (χ0v) is 18.6. The van der Waals surface area contributed by atoms with Crippen LogP contribution in [0, 0.1) is 0 Å². The number of aliphatic imine (C=N–C) groups is 1. The summed E-state index contributed by atoms with van der Waals surface area (Å²) in [6.45, 7) is 2.41. The van der Waals surface area contributed by atoms with Crippen LogP contribution < -0.4 is 26.7 Å². The second-order valence-corrected chi connectivity index (χ2v) is 7.45. The van der Waals surface area contributed by atoms with Gasteiger partial charge < -0.3 is 30.3 Å². The summed E-state index contributed by atoms with van der Waals surface area (Å²) in [5.74, 6) is 0.0260. The molecular weight excluding hydrogens is 424 g/mol. The lowest BCUT2D eigenvalue weighted by atomic mass is 10.3. The van der Waals surface area contributed by atoms with Crippen molar-refractivity contribution in [1.29, 1.82) is 0 Å². The Morgan fingerprint density at radius 1 is 1.42 bits per heavy atom. The Hall–Kier alpha value is -3.25. The maximum Gasteiger partial charge on any atom is 0.381 e. The van der Waals surface area contributed by atoms with Gasteiger partial charge in [-0.15, -0.1) is 10.2 Å². The molecule has 0 radical (unpaired) electrons. The van der Waals surface area contributed by atoms with Crippen LogP contribution in [-0.4, -0.2) is 55.6 Å². The summed E-state index contributed by atoms with van der Waals surface area (Å²) in [5, 5.41) is 15.0. The van der Waals surface area contributed by atoms with Crippen molar-refractivity contribution in [1.82, 2.24) is 10.2 Å². The molecule has 31 heavy (non-hydrogen) atoms. The monoisotopic (exact) mass is 450 g/mol. The molecule has 0 unspecified atom stereocenters. The van der Waals surface area contributed by atoms with Gasteiger partial charge in [0.05, 0.1) is 18.4 Å². The Morgan fingerprint density at radius 3 is 2.68 bits per heavy atom. The Labute approximate surface area is 183 Å². The summed E-state index contributed by atoms with van der Waals surface area (Å²) in [7, 11) is 4.82. The first kappa shape index (κ1) is 24.0. The van der Waals surface area contributed by atoms with Crippen molar-refractivity contribution in [2.75, 3.05) is 38.4 Å². The van der Waals surface area contributed by atoms with Crippen LogP contribution in [0.1, 0.15) is 30.3 Å². The Balaban J connectivity index is 0.000000233. The summed E-state index contributed by atoms with van der Waals surface area (Å²) >= 11 is 1.39. The highest BCUT2D eigenvalue weighted by atomic mass is 32.1. The van der Waals surface area contributed by atoms with Gasteiger partial charge in [-0.25, -0.2) is 9.79 Å². The van der Waals surface area contributed by atoms with E-state index in [4.69, 9.17) is 19.6 Å². The minimum atomic E-state index is -0.674. The third-order valence-electron chi connectivity index (χ3n) is 4.33. The summed E-state index contributed by atoms with van der Waals surface area (Å²) in [6, 6.07) is 1.44. The van der Waals surface area contributed by atoms with Crippen LogP contribution in [0.15, 0.2) is 32.5 Å². The first-order valence-corrected chi connectivity index (χ1v) is 10.1. The Bertz CT molecular complexity index is 996. The molecule has 11 nitrogen and oxygen atoms in total. The van der Waals surface area contributed by atoms with E-state index in [1.165, 1.54) is 30.7 Å². The van der Waals surface area contributed by atoms with E-state index in [2.05, 4.69) is 25.8 Å². The standard InChI is InChI=1S/C12H15NO5.C7H11N5S/c1-16-10-9(5-8(6-14)18-11(10)15)13-7-12(17-2)3-4-12;1-5(3-4-8)10-7-12-11-6(9-2)13-7/h5-6,13H,3-4,7H2,1-2H3;3-4H,8H2,1-2H3,(H,9,11)/b;4-3-,10-5+. The fourth-order valence-corrected chi connectivity index (χ4v) is 3.05. The van der Waals surface area contributed by atoms with E-state index in [0.29, 0.717) is 23.6 Å². The van der Waals surface area contributed by atoms with Gasteiger partial charge in [-0.05, 0) is 32.0 Å². The van der Waals surface area contributed by atoms with Gasteiger partial charge in [0, 0.05) is 32.5 Å². The number of nitrogens with one attached hydrogen (secondary N) is 2. The number of aromatic nitrogens is 2. The second kappa shape index (κ2) is 11.2. The van der Waals surface area contributed by atoms with E-state index >= 15 is 0 Å². The van der Waals surface area contributed by atoms with Gasteiger partial charge in [-0.3, -0.25) is 4.79 Å². The topological polar surface area (TPSA) is 154 Å². The van der Waals surface area contributed by atoms with E-state index in [1.54, 1.807) is 20.2 Å². The highest BCUT2D eigenvalue weighted by Crippen LogP contribution is 2.39. The highest BCUT2D eigenvalue weighted by molar-refractivity contribution is 7.18. The van der Waals surface area contributed by atoms with Crippen molar-refractivity contribution < 1.29 is 18.7 Å². The number of nitrogens with zero attached hydrogens (tertiary/aromatic N) is 3. The number of hydrogen-bond acceptors (Lipinski definition) is 12. The second-order valence-electron chi connectivity index (χ2n) is 6.49. The minimum Gasteiger partial charge on any atom is -0.488 e. The van der Waals surface area contributed by atoms with E-state index < -0.39 is 5.63 Å². The maximum atomic E-state index is 11.5. The van der Waals surface area contributed by atoms with E-state index in [9.17, 15) is 9.59 Å². The number of ether oxygens (including phenoxy) is 2. The molecule has 1 aliphatic carbocycles. The molecule has 4 N–H and O–H groups in total. The summed E-state index contributed by atoms with van der Waals surface area (Å²) in [5.41, 5.74) is 5.62. The number of methoxy groups -OCH3 is 2. The quantitative estimate of drug-likeness (QED) is 0.382. The van der Waals surface area contributed by atoms with Crippen molar-refractivity contribution in [3.8, 4) is 5.75 Å². The predicted molar refractivity (Wildman–Crippen MR) is 120 cm³/mol. The zero-order valence-electron chi connectivity index (χ0n) is 17.8. The minimum absolute atomic E-state index is 0.0365. The third-order valence-corrected chi connectivity index (χ3v) is 5.16. The van der Waals surface area contributed by atoms with E-state index in [1.807, 2.05) is 6.92 Å². The summed E-state index contributed by atoms with van der Waals surface area (Å²) in [4.78, 5) is 26.4. The van der Waals surface area contributed by atoms with Crippen LogP contribution in [0.4, 0.5) is 16.0 Å². The molecule has 1 saturated carbocycles. The number of hydrogen-bond donors (Lipinski definition) is 3. The van der Waals surface area contributed by atoms with Crippen LogP contribution in [0.5, 0.6) is 5.75 Å². The third kappa shape index (κ3) is 6.89. The lowest BCUT2D eigenvalue weighted by molar-refractivity contribution is 0.0914. The zero-order chi connectivity index (χ0) is 22.9. The molecule has 2 aromatic rings. The number of aldehydes is 1. The molecule has 3 rings (SSSR count). The van der Waals surface area contributed by atoms with Crippen molar-refractivity contribution in [2.45, 2.75) is 25.4 Å². The lowest BCUT2D eigenvalue weighted by Crippen LogP contribution is -2.24. The van der Waals surface area contributed by atoms with Crippen molar-refractivity contribution in [2.24, 2.45) is 10.7 Å². The molecule has 12 heteroatoms. The van der Waals surface area contributed by atoms with Crippen molar-refractivity contribution >= 4 is 39.3 Å². The lowest BCUT2D eigenvalue weighted by Gasteiger charge is -2.16. The molecule has 0 aliphatic heterocycles. The molecule has 0 amide bonds. The molecule has 0 spiro atoms. The van der Waals surface area contributed by atoms with Gasteiger partial charge >= 0.3 is 5.63 Å². The molecule has 2 heterocycles. The highest BCUT2D eigenvalue weighted by Gasteiger charge is 2.42. The van der Waals surface area contributed by atoms with Gasteiger partial charge in [0.2, 0.25) is 16.0 Å². The van der Waals surface area contributed by atoms with Gasteiger partial charge in [0.15, 0.2) is 12.0 Å². The van der Waals surface area contributed by atoms with E-state index in [-0.39, 0.29) is 17.1 Å². The average molecular weight is 451 g/mol. The van der Waals surface area contributed by atoms with Crippen LogP contribution in [-0.2, 0) is 4.74 Å². The molecule has 1 aliphatic rings. The number of nitrogens with two attached hydrogens (primary N) is 1. The molecule has 2 aromatic heterocycles. The van der Waals surface area contributed by atoms with Gasteiger partial charge in [-0.2, -0.15) is 0 Å². The van der Waals surface area contributed by atoms with Gasteiger partial charge in [0.25, 0.3) is 0 Å². The molecule has 0 aromatic carbocycles. The van der Waals surface area contributed by atoms with Crippen LogP contribution in [0.3, 0.4) is 0 Å². The predicted octanol–water partition coefficient (Wildman–Crippen LogP) is 2.20. The molecular formula is C19H26N6O5S. The van der Waals surface area contributed by atoms with Crippen LogP contribution in [0.2, 0.25) is 0 Å². The molecule has 168 valence electrons. The molecule has 1 fully saturated rings. The maximum absolute atomic E-state index is 11.5. The molecule has 0 atom stereocenters. The molecule has 0 saturated heterocycles. The number of anilines is 2. The number of carbonyl (C=O) groups is 1. The molecule has 0 bridgehead atoms. The number of rotatable bonds is 9. The smallest absolute Gasteiger partial charge is 0.381 e. The average Bonchev–Trinajstić information content (AvgIpc) is 3.42. The van der Waals surface area contributed by atoms with E-state index in [0.717, 1.165) is 23.7 Å². The fourth-order valence-electron chi connectivity index (χ4n) is 2.42. The summed E-state index contributed by atoms with van der Waals surface area (Å²) < 4.78 is 15.1. The number of carbonyl (C=O) groups excluding carboxylic acids is 1. The van der Waals surface area contributed by atoms with Crippen molar-refractivity contribution in [3.63, 3.8) is 0 Å². The normalized spacial score (nSPS) is 14.5. The van der Waals surface area contributed by atoms with Gasteiger partial charge in [0.1, 0.15) is 0 Å².